The van der Waals surface area contributed by atoms with Gasteiger partial charge in [0, 0.05) is 5.69 Å². The summed E-state index contributed by atoms with van der Waals surface area (Å²) < 4.78 is 17.9. The zero-order valence-electron chi connectivity index (χ0n) is 10.4. The smallest absolute Gasteiger partial charge is 0.340 e. The third kappa shape index (κ3) is 4.43. The molecule has 3 nitrogen and oxygen atoms in total. The third-order valence-electron chi connectivity index (χ3n) is 2.32. The number of hydrogen-bond donors (Lipinski definition) is 1. The second-order valence-electron chi connectivity index (χ2n) is 5.18. The van der Waals surface area contributed by atoms with E-state index in [2.05, 4.69) is 20.8 Å². The van der Waals surface area contributed by atoms with E-state index in [1.165, 1.54) is 12.1 Å². The Kier molecular flexibility index (Phi) is 4.10. The van der Waals surface area contributed by atoms with Crippen molar-refractivity contribution in [3.8, 4) is 0 Å². The molecule has 2 N–H and O–H groups in total. The van der Waals surface area contributed by atoms with Gasteiger partial charge in [0.15, 0.2) is 0 Å². The van der Waals surface area contributed by atoms with E-state index in [0.29, 0.717) is 6.61 Å². The minimum atomic E-state index is -0.508. The van der Waals surface area contributed by atoms with Crippen LogP contribution in [0.4, 0.5) is 10.1 Å². The van der Waals surface area contributed by atoms with Gasteiger partial charge in [0.1, 0.15) is 5.82 Å². The van der Waals surface area contributed by atoms with Crippen LogP contribution in [-0.2, 0) is 4.74 Å². The molecule has 1 rings (SSSR count). The molecule has 0 saturated carbocycles. The van der Waals surface area contributed by atoms with Crippen LogP contribution < -0.4 is 5.73 Å². The van der Waals surface area contributed by atoms with E-state index >= 15 is 0 Å². The molecule has 1 aromatic rings. The van der Waals surface area contributed by atoms with Gasteiger partial charge in [-0.25, -0.2) is 9.18 Å². The SMILES string of the molecule is CC(C)(C)CCOC(=O)c1ccc(F)cc1N. The van der Waals surface area contributed by atoms with Crippen molar-refractivity contribution in [3.63, 3.8) is 0 Å². The molecule has 0 aromatic heterocycles. The largest absolute Gasteiger partial charge is 0.462 e. The van der Waals surface area contributed by atoms with Crippen LogP contribution in [0.2, 0.25) is 0 Å². The second kappa shape index (κ2) is 5.17. The van der Waals surface area contributed by atoms with Gasteiger partial charge in [-0.05, 0) is 30.0 Å². The van der Waals surface area contributed by atoms with Gasteiger partial charge >= 0.3 is 5.97 Å². The lowest BCUT2D eigenvalue weighted by atomic mass is 9.93. The summed E-state index contributed by atoms with van der Waals surface area (Å²) in [5.74, 6) is -0.972. The van der Waals surface area contributed by atoms with Crippen molar-refractivity contribution in [3.05, 3.63) is 29.6 Å². The van der Waals surface area contributed by atoms with Gasteiger partial charge in [0.2, 0.25) is 0 Å². The van der Waals surface area contributed by atoms with Crippen LogP contribution in [0.1, 0.15) is 37.6 Å². The number of nitrogens with two attached hydrogens (primary N) is 1. The molecule has 17 heavy (non-hydrogen) atoms. The van der Waals surface area contributed by atoms with Gasteiger partial charge in [-0.3, -0.25) is 0 Å². The zero-order valence-corrected chi connectivity index (χ0v) is 10.4. The highest BCUT2D eigenvalue weighted by atomic mass is 19.1. The molecule has 0 radical (unpaired) electrons. The van der Waals surface area contributed by atoms with E-state index in [0.717, 1.165) is 12.5 Å². The lowest BCUT2D eigenvalue weighted by molar-refractivity contribution is 0.0466. The van der Waals surface area contributed by atoms with Crippen LogP contribution in [0.3, 0.4) is 0 Å². The summed E-state index contributed by atoms with van der Waals surface area (Å²) in [6.07, 6.45) is 0.764. The summed E-state index contributed by atoms with van der Waals surface area (Å²) in [5.41, 5.74) is 5.96. The predicted octanol–water partition coefficient (Wildman–Crippen LogP) is 3.00. The summed E-state index contributed by atoms with van der Waals surface area (Å²) in [4.78, 5) is 11.6. The van der Waals surface area contributed by atoms with Gasteiger partial charge in [-0.1, -0.05) is 20.8 Å². The molecule has 0 saturated heterocycles. The van der Waals surface area contributed by atoms with Crippen molar-refractivity contribution in [2.45, 2.75) is 27.2 Å². The maximum atomic E-state index is 12.8. The number of esters is 1. The van der Waals surface area contributed by atoms with Crippen LogP contribution in [0.15, 0.2) is 18.2 Å². The van der Waals surface area contributed by atoms with Crippen molar-refractivity contribution in [2.75, 3.05) is 12.3 Å². The summed E-state index contributed by atoms with van der Waals surface area (Å²) in [6, 6.07) is 3.64. The van der Waals surface area contributed by atoms with Crippen LogP contribution in [0.5, 0.6) is 0 Å². The number of benzene rings is 1. The van der Waals surface area contributed by atoms with E-state index in [4.69, 9.17) is 10.5 Å². The highest BCUT2D eigenvalue weighted by Crippen LogP contribution is 2.19. The molecule has 0 aliphatic heterocycles. The molecule has 0 atom stereocenters. The molecule has 0 amide bonds. The fraction of sp³-hybridized carbons (Fsp3) is 0.462. The van der Waals surface area contributed by atoms with Gasteiger partial charge in [0.25, 0.3) is 0 Å². The normalized spacial score (nSPS) is 11.3. The molecule has 0 fully saturated rings. The maximum absolute atomic E-state index is 12.8. The van der Waals surface area contributed by atoms with Crippen molar-refractivity contribution < 1.29 is 13.9 Å². The molecule has 94 valence electrons. The molecule has 0 spiro atoms. The fourth-order valence-corrected chi connectivity index (χ4v) is 1.25. The topological polar surface area (TPSA) is 52.3 Å². The van der Waals surface area contributed by atoms with Crippen molar-refractivity contribution in [2.24, 2.45) is 5.41 Å². The number of ether oxygens (including phenoxy) is 1. The first-order chi connectivity index (χ1) is 7.79. The minimum absolute atomic E-state index is 0.103. The average Bonchev–Trinajstić information content (AvgIpc) is 2.15. The number of hydrogen-bond acceptors (Lipinski definition) is 3. The monoisotopic (exact) mass is 239 g/mol. The summed E-state index contributed by atoms with van der Waals surface area (Å²) >= 11 is 0. The van der Waals surface area contributed by atoms with Crippen LogP contribution >= 0.6 is 0 Å². The Morgan fingerprint density at radius 1 is 1.41 bits per heavy atom. The Balaban J connectivity index is 2.59. The third-order valence-corrected chi connectivity index (χ3v) is 2.32. The van der Waals surface area contributed by atoms with E-state index in [1.807, 2.05) is 0 Å². The van der Waals surface area contributed by atoms with E-state index in [1.54, 1.807) is 0 Å². The standard InChI is InChI=1S/C13H18FNO2/c1-13(2,3)6-7-17-12(16)10-5-4-9(14)8-11(10)15/h4-5,8H,6-7,15H2,1-3H3. The van der Waals surface area contributed by atoms with Gasteiger partial charge < -0.3 is 10.5 Å². The van der Waals surface area contributed by atoms with Gasteiger partial charge in [-0.15, -0.1) is 0 Å². The maximum Gasteiger partial charge on any atom is 0.340 e. The summed E-state index contributed by atoms with van der Waals surface area (Å²) in [7, 11) is 0. The molecule has 0 heterocycles. The molecule has 4 heteroatoms. The van der Waals surface area contributed by atoms with Crippen molar-refractivity contribution in [1.29, 1.82) is 0 Å². The first-order valence-corrected chi connectivity index (χ1v) is 5.52. The van der Waals surface area contributed by atoms with Gasteiger partial charge in [0.05, 0.1) is 12.2 Å². The van der Waals surface area contributed by atoms with Crippen molar-refractivity contribution in [1.82, 2.24) is 0 Å². The molecule has 1 aromatic carbocycles. The molecular weight excluding hydrogens is 221 g/mol. The first kappa shape index (κ1) is 13.5. The fourth-order valence-electron chi connectivity index (χ4n) is 1.25. The number of carbonyl (C=O) groups excluding carboxylic acids is 1. The number of rotatable bonds is 3. The molecule has 0 unspecified atom stereocenters. The highest BCUT2D eigenvalue weighted by molar-refractivity contribution is 5.94. The predicted molar refractivity (Wildman–Crippen MR) is 65.2 cm³/mol. The number of nitrogen functional groups attached to an aromatic ring is 1. The van der Waals surface area contributed by atoms with E-state index in [9.17, 15) is 9.18 Å². The Labute approximate surface area is 101 Å². The van der Waals surface area contributed by atoms with Crippen LogP contribution in [0, 0.1) is 11.2 Å². The Morgan fingerprint density at radius 3 is 2.59 bits per heavy atom. The summed E-state index contributed by atoms with van der Waals surface area (Å²) in [6.45, 7) is 6.52. The zero-order chi connectivity index (χ0) is 13.1. The van der Waals surface area contributed by atoms with Crippen LogP contribution in [0.25, 0.3) is 0 Å². The minimum Gasteiger partial charge on any atom is -0.462 e. The number of halogens is 1. The summed E-state index contributed by atoms with van der Waals surface area (Å²) in [5, 5.41) is 0. The van der Waals surface area contributed by atoms with Crippen molar-refractivity contribution >= 4 is 11.7 Å². The highest BCUT2D eigenvalue weighted by Gasteiger charge is 2.14. The Morgan fingerprint density at radius 2 is 2.06 bits per heavy atom. The average molecular weight is 239 g/mol. The number of carbonyl (C=O) groups is 1. The Bertz CT molecular complexity index is 410. The lowest BCUT2D eigenvalue weighted by Crippen LogP contribution is -2.14. The number of anilines is 1. The lowest BCUT2D eigenvalue weighted by Gasteiger charge is -2.17. The quantitative estimate of drug-likeness (QED) is 0.651. The molecule has 0 aliphatic carbocycles. The second-order valence-corrected chi connectivity index (χ2v) is 5.18. The van der Waals surface area contributed by atoms with E-state index in [-0.39, 0.29) is 16.7 Å². The van der Waals surface area contributed by atoms with E-state index < -0.39 is 11.8 Å². The molecule has 0 aliphatic rings. The van der Waals surface area contributed by atoms with Crippen LogP contribution in [-0.4, -0.2) is 12.6 Å². The first-order valence-electron chi connectivity index (χ1n) is 5.52. The Hall–Kier alpha value is -1.58. The van der Waals surface area contributed by atoms with Gasteiger partial charge in [-0.2, -0.15) is 0 Å². The molecular formula is C13H18FNO2. The molecule has 0 bridgehead atoms.